The van der Waals surface area contributed by atoms with Crippen molar-refractivity contribution in [3.8, 4) is 22.8 Å². The molecule has 4 aromatic rings. The van der Waals surface area contributed by atoms with Crippen LogP contribution in [0.2, 0.25) is 0 Å². The van der Waals surface area contributed by atoms with E-state index < -0.39 is 0 Å². The monoisotopic (exact) mass is 393 g/mol. The lowest BCUT2D eigenvalue weighted by Gasteiger charge is -2.32. The number of hydrogen-bond donors (Lipinski definition) is 2. The molecule has 146 valence electrons. The van der Waals surface area contributed by atoms with E-state index in [1.807, 2.05) is 18.5 Å². The normalized spacial score (nSPS) is 16.5. The van der Waals surface area contributed by atoms with E-state index in [0.717, 1.165) is 46.4 Å². The van der Waals surface area contributed by atoms with Crippen LogP contribution in [0.5, 0.6) is 11.5 Å². The van der Waals surface area contributed by atoms with Crippen molar-refractivity contribution in [2.75, 3.05) is 4.90 Å². The molecule has 0 saturated heterocycles. The molecule has 1 atom stereocenters. The molecule has 2 aliphatic rings. The maximum atomic E-state index is 6.42. The Balaban J connectivity index is 1.49. The number of hydrogen-bond acceptors (Lipinski definition) is 5. The van der Waals surface area contributed by atoms with Crippen molar-refractivity contribution in [1.29, 1.82) is 0 Å². The molecule has 0 fully saturated rings. The van der Waals surface area contributed by atoms with Gasteiger partial charge in [-0.25, -0.2) is 4.98 Å². The highest BCUT2D eigenvalue weighted by Gasteiger charge is 2.28. The van der Waals surface area contributed by atoms with Crippen LogP contribution >= 0.6 is 0 Å². The van der Waals surface area contributed by atoms with Crippen molar-refractivity contribution >= 4 is 17.2 Å². The summed E-state index contributed by atoms with van der Waals surface area (Å²) in [5, 5.41) is 3.39. The van der Waals surface area contributed by atoms with E-state index >= 15 is 0 Å². The molecule has 0 aliphatic carbocycles. The Morgan fingerprint density at radius 3 is 2.67 bits per heavy atom. The van der Waals surface area contributed by atoms with Gasteiger partial charge in [0.25, 0.3) is 0 Å². The lowest BCUT2D eigenvalue weighted by atomic mass is 10.0. The summed E-state index contributed by atoms with van der Waals surface area (Å²) in [5.74, 6) is 2.35. The summed E-state index contributed by atoms with van der Waals surface area (Å²) < 4.78 is 6.42. The molecule has 2 N–H and O–H groups in total. The van der Waals surface area contributed by atoms with Gasteiger partial charge in [0.15, 0.2) is 17.3 Å². The molecule has 30 heavy (non-hydrogen) atoms. The SMILES string of the molecule is C1=CNC(c2ccc3c(c2)Oc2cc(-c4ccc[nH]4)ccc2N3c2cnccn2)C1. The van der Waals surface area contributed by atoms with Gasteiger partial charge < -0.3 is 15.0 Å². The van der Waals surface area contributed by atoms with Crippen molar-refractivity contribution in [3.63, 3.8) is 0 Å². The van der Waals surface area contributed by atoms with Gasteiger partial charge in [0.05, 0.1) is 23.6 Å². The van der Waals surface area contributed by atoms with E-state index in [0.29, 0.717) is 0 Å². The minimum absolute atomic E-state index is 0.274. The first-order valence-corrected chi connectivity index (χ1v) is 9.94. The van der Waals surface area contributed by atoms with Gasteiger partial charge in [-0.2, -0.15) is 0 Å². The average molecular weight is 393 g/mol. The van der Waals surface area contributed by atoms with Gasteiger partial charge in [0.1, 0.15) is 0 Å². The molecule has 0 saturated carbocycles. The summed E-state index contributed by atoms with van der Waals surface area (Å²) in [4.78, 5) is 14.2. The predicted octanol–water partition coefficient (Wildman–Crippen LogP) is 5.60. The van der Waals surface area contributed by atoms with Crippen LogP contribution in [0.15, 0.2) is 85.6 Å². The fraction of sp³-hybridized carbons (Fsp3) is 0.0833. The van der Waals surface area contributed by atoms with Crippen molar-refractivity contribution in [3.05, 3.63) is 91.2 Å². The maximum absolute atomic E-state index is 6.42. The number of aromatic nitrogens is 3. The third-order valence-corrected chi connectivity index (χ3v) is 5.52. The third-order valence-electron chi connectivity index (χ3n) is 5.52. The van der Waals surface area contributed by atoms with Crippen molar-refractivity contribution in [2.24, 2.45) is 0 Å². The van der Waals surface area contributed by atoms with Crippen LogP contribution in [0.3, 0.4) is 0 Å². The summed E-state index contributed by atoms with van der Waals surface area (Å²) in [6, 6.07) is 16.9. The summed E-state index contributed by atoms with van der Waals surface area (Å²) >= 11 is 0. The first-order chi connectivity index (χ1) is 14.9. The Kier molecular flexibility index (Phi) is 3.81. The molecule has 1 unspecified atom stereocenters. The molecule has 2 aromatic carbocycles. The minimum atomic E-state index is 0.274. The third kappa shape index (κ3) is 2.73. The van der Waals surface area contributed by atoms with Crippen LogP contribution in [0.4, 0.5) is 17.2 Å². The molecule has 6 heteroatoms. The van der Waals surface area contributed by atoms with Gasteiger partial charge >= 0.3 is 0 Å². The number of nitrogens with one attached hydrogen (secondary N) is 2. The number of benzene rings is 2. The van der Waals surface area contributed by atoms with Crippen LogP contribution in [0.1, 0.15) is 18.0 Å². The van der Waals surface area contributed by atoms with Gasteiger partial charge in [-0.3, -0.25) is 9.88 Å². The quantitative estimate of drug-likeness (QED) is 0.418. The van der Waals surface area contributed by atoms with Crippen LogP contribution in [-0.4, -0.2) is 15.0 Å². The van der Waals surface area contributed by atoms with E-state index in [4.69, 9.17) is 4.74 Å². The topological polar surface area (TPSA) is 66.1 Å². The fourth-order valence-corrected chi connectivity index (χ4v) is 4.06. The molecule has 0 bridgehead atoms. The summed E-state index contributed by atoms with van der Waals surface area (Å²) in [5.41, 5.74) is 5.20. The Labute approximate surface area is 173 Å². The molecule has 0 spiro atoms. The van der Waals surface area contributed by atoms with E-state index in [1.165, 1.54) is 5.56 Å². The van der Waals surface area contributed by atoms with E-state index in [-0.39, 0.29) is 6.04 Å². The predicted molar refractivity (Wildman–Crippen MR) is 116 cm³/mol. The first-order valence-electron chi connectivity index (χ1n) is 9.94. The molecule has 2 aliphatic heterocycles. The van der Waals surface area contributed by atoms with Crippen LogP contribution in [-0.2, 0) is 0 Å². The van der Waals surface area contributed by atoms with Crippen molar-refractivity contribution in [1.82, 2.24) is 20.3 Å². The second-order valence-corrected chi connectivity index (χ2v) is 7.35. The highest BCUT2D eigenvalue weighted by Crippen LogP contribution is 2.51. The zero-order valence-corrected chi connectivity index (χ0v) is 16.1. The Morgan fingerprint density at radius 1 is 1.00 bits per heavy atom. The van der Waals surface area contributed by atoms with Crippen molar-refractivity contribution < 1.29 is 4.74 Å². The number of fused-ring (bicyclic) bond motifs is 2. The maximum Gasteiger partial charge on any atom is 0.156 e. The number of anilines is 3. The molecule has 6 nitrogen and oxygen atoms in total. The molecule has 2 aromatic heterocycles. The van der Waals surface area contributed by atoms with Gasteiger partial charge in [-0.05, 0) is 54.6 Å². The second kappa shape index (κ2) is 6.77. The number of ether oxygens (including phenoxy) is 1. The smallest absolute Gasteiger partial charge is 0.156 e. The minimum Gasteiger partial charge on any atom is -0.453 e. The molecule has 0 radical (unpaired) electrons. The van der Waals surface area contributed by atoms with Crippen LogP contribution in [0.25, 0.3) is 11.3 Å². The van der Waals surface area contributed by atoms with Gasteiger partial charge in [-0.1, -0.05) is 18.2 Å². The Hall–Kier alpha value is -4.06. The zero-order valence-electron chi connectivity index (χ0n) is 16.1. The summed E-state index contributed by atoms with van der Waals surface area (Å²) in [7, 11) is 0. The van der Waals surface area contributed by atoms with Crippen molar-refractivity contribution in [2.45, 2.75) is 12.5 Å². The number of nitrogens with zero attached hydrogens (tertiary/aromatic N) is 3. The highest BCUT2D eigenvalue weighted by atomic mass is 16.5. The lowest BCUT2D eigenvalue weighted by molar-refractivity contribution is 0.475. The molecule has 6 rings (SSSR count). The lowest BCUT2D eigenvalue weighted by Crippen LogP contribution is -2.18. The molecule has 0 amide bonds. The standard InChI is InChI=1S/C24H19N5O/c1-3-18(26-9-1)16-5-7-20-22(13-16)30-23-14-17(19-4-2-10-27-19)6-8-21(23)29(20)24-15-25-11-12-28-24/h1-3,5-15,19,26-27H,4H2. The van der Waals surface area contributed by atoms with E-state index in [2.05, 4.69) is 73.7 Å². The Morgan fingerprint density at radius 2 is 1.90 bits per heavy atom. The zero-order chi connectivity index (χ0) is 19.9. The van der Waals surface area contributed by atoms with Crippen LogP contribution in [0, 0.1) is 0 Å². The van der Waals surface area contributed by atoms with Gasteiger partial charge in [-0.15, -0.1) is 0 Å². The first kappa shape index (κ1) is 16.9. The summed E-state index contributed by atoms with van der Waals surface area (Å²) in [6.45, 7) is 0. The number of aromatic amines is 1. The average Bonchev–Trinajstić information content (AvgIpc) is 3.52. The highest BCUT2D eigenvalue weighted by molar-refractivity contribution is 5.86. The van der Waals surface area contributed by atoms with E-state index in [1.54, 1.807) is 18.6 Å². The molecule has 4 heterocycles. The molecular weight excluding hydrogens is 374 g/mol. The van der Waals surface area contributed by atoms with Crippen LogP contribution < -0.4 is 15.0 Å². The summed E-state index contributed by atoms with van der Waals surface area (Å²) in [6.07, 6.45) is 12.2. The number of H-pyrrole nitrogens is 1. The largest absolute Gasteiger partial charge is 0.453 e. The van der Waals surface area contributed by atoms with Gasteiger partial charge in [0.2, 0.25) is 0 Å². The molecular formula is C24H19N5O. The fourth-order valence-electron chi connectivity index (χ4n) is 4.06. The van der Waals surface area contributed by atoms with E-state index in [9.17, 15) is 0 Å². The van der Waals surface area contributed by atoms with Gasteiger partial charge in [0, 0.05) is 29.8 Å². The Bertz CT molecular complexity index is 1230. The number of rotatable bonds is 3. The second-order valence-electron chi connectivity index (χ2n) is 7.35.